The van der Waals surface area contributed by atoms with E-state index in [0.717, 1.165) is 16.6 Å². The molecule has 1 atom stereocenters. The lowest BCUT2D eigenvalue weighted by atomic mass is 10.1. The van der Waals surface area contributed by atoms with Gasteiger partial charge in [-0.2, -0.15) is 0 Å². The van der Waals surface area contributed by atoms with Crippen molar-refractivity contribution in [3.8, 4) is 0 Å². The van der Waals surface area contributed by atoms with E-state index in [2.05, 4.69) is 9.97 Å². The van der Waals surface area contributed by atoms with Gasteiger partial charge >= 0.3 is 0 Å². The highest BCUT2D eigenvalue weighted by molar-refractivity contribution is 6.22. The summed E-state index contributed by atoms with van der Waals surface area (Å²) in [5.74, 6) is 0. The molecule has 4 heteroatoms. The van der Waals surface area contributed by atoms with E-state index in [-0.39, 0.29) is 5.56 Å². The number of nitrogens with zero attached hydrogens (tertiary/aromatic N) is 1. The van der Waals surface area contributed by atoms with Crippen molar-refractivity contribution in [1.82, 2.24) is 9.97 Å². The Morgan fingerprint density at radius 3 is 2.55 bits per heavy atom. The van der Waals surface area contributed by atoms with Crippen LogP contribution < -0.4 is 5.56 Å². The molecule has 100 valence electrons. The number of nitrogens with one attached hydrogen (secondary N) is 1. The fraction of sp³-hybridized carbons (Fsp3) is 0.125. The molecule has 3 aromatic rings. The molecule has 3 rings (SSSR count). The molecule has 2 aromatic carbocycles. The van der Waals surface area contributed by atoms with Crippen molar-refractivity contribution in [2.45, 2.75) is 12.3 Å². The van der Waals surface area contributed by atoms with Crippen LogP contribution in [0, 0.1) is 6.92 Å². The molecule has 0 radical (unpaired) electrons. The van der Waals surface area contributed by atoms with Gasteiger partial charge in [-0.15, -0.1) is 11.6 Å². The van der Waals surface area contributed by atoms with Gasteiger partial charge in [-0.1, -0.05) is 42.0 Å². The highest BCUT2D eigenvalue weighted by Crippen LogP contribution is 2.26. The first-order valence-electron chi connectivity index (χ1n) is 6.35. The molecule has 0 spiro atoms. The van der Waals surface area contributed by atoms with Gasteiger partial charge in [0.05, 0.1) is 11.0 Å². The number of H-pyrrole nitrogens is 1. The first-order valence-corrected chi connectivity index (χ1v) is 6.78. The minimum atomic E-state index is -0.552. The highest BCUT2D eigenvalue weighted by Gasteiger charge is 2.16. The summed E-state index contributed by atoms with van der Waals surface area (Å²) in [6.07, 6.45) is 0. The topological polar surface area (TPSA) is 45.8 Å². The number of aryl methyl sites for hydroxylation is 1. The standard InChI is InChI=1S/C16H13ClN2O/c1-10-6-8-11(9-7-10)14(17)15-16(20)19-13-5-3-2-4-12(13)18-15/h2-9,14H,1H3,(H,19,20). The van der Waals surface area contributed by atoms with Crippen LogP contribution in [0.4, 0.5) is 0 Å². The van der Waals surface area contributed by atoms with Crippen LogP contribution in [0.2, 0.25) is 0 Å². The van der Waals surface area contributed by atoms with Crippen LogP contribution >= 0.6 is 11.6 Å². The lowest BCUT2D eigenvalue weighted by Crippen LogP contribution is -2.17. The zero-order valence-corrected chi connectivity index (χ0v) is 11.7. The van der Waals surface area contributed by atoms with E-state index in [1.807, 2.05) is 55.5 Å². The number of halogens is 1. The monoisotopic (exact) mass is 284 g/mol. The van der Waals surface area contributed by atoms with Crippen LogP contribution in [0.15, 0.2) is 53.3 Å². The van der Waals surface area contributed by atoms with Crippen LogP contribution in [-0.4, -0.2) is 9.97 Å². The van der Waals surface area contributed by atoms with Crippen molar-refractivity contribution in [3.05, 3.63) is 75.7 Å². The molecule has 1 unspecified atom stereocenters. The SMILES string of the molecule is Cc1ccc(C(Cl)c2nc3ccccc3[nH]c2=O)cc1. The molecule has 0 saturated heterocycles. The summed E-state index contributed by atoms with van der Waals surface area (Å²) < 4.78 is 0. The Bertz CT molecular complexity index is 809. The van der Waals surface area contributed by atoms with Gasteiger partial charge in [0.1, 0.15) is 11.1 Å². The maximum absolute atomic E-state index is 12.1. The normalized spacial score (nSPS) is 12.5. The number of benzene rings is 2. The second-order valence-electron chi connectivity index (χ2n) is 4.74. The molecule has 1 N–H and O–H groups in total. The minimum Gasteiger partial charge on any atom is -0.319 e. The zero-order chi connectivity index (χ0) is 14.1. The van der Waals surface area contributed by atoms with Gasteiger partial charge in [0.25, 0.3) is 5.56 Å². The minimum absolute atomic E-state index is 0.246. The first kappa shape index (κ1) is 12.9. The second kappa shape index (κ2) is 5.10. The van der Waals surface area contributed by atoms with Crippen molar-refractivity contribution in [1.29, 1.82) is 0 Å². The molecular formula is C16H13ClN2O. The average Bonchev–Trinajstić information content (AvgIpc) is 2.46. The van der Waals surface area contributed by atoms with Crippen molar-refractivity contribution in [2.24, 2.45) is 0 Å². The predicted octanol–water partition coefficient (Wildman–Crippen LogP) is 3.56. The summed E-state index contributed by atoms with van der Waals surface area (Å²) in [6, 6.07) is 15.2. The molecule has 0 aliphatic heterocycles. The Morgan fingerprint density at radius 2 is 1.80 bits per heavy atom. The van der Waals surface area contributed by atoms with Gasteiger partial charge in [0.15, 0.2) is 0 Å². The predicted molar refractivity (Wildman–Crippen MR) is 81.2 cm³/mol. The summed E-state index contributed by atoms with van der Waals surface area (Å²) in [6.45, 7) is 2.01. The van der Waals surface area contributed by atoms with Crippen LogP contribution in [0.25, 0.3) is 11.0 Å². The summed E-state index contributed by atoms with van der Waals surface area (Å²) in [4.78, 5) is 19.3. The van der Waals surface area contributed by atoms with Crippen LogP contribution in [0.3, 0.4) is 0 Å². The molecule has 0 bridgehead atoms. The number of hydrogen-bond acceptors (Lipinski definition) is 2. The van der Waals surface area contributed by atoms with Gasteiger partial charge in [-0.05, 0) is 24.6 Å². The van der Waals surface area contributed by atoms with Crippen molar-refractivity contribution in [3.63, 3.8) is 0 Å². The van der Waals surface area contributed by atoms with E-state index in [4.69, 9.17) is 11.6 Å². The zero-order valence-electron chi connectivity index (χ0n) is 10.9. The van der Waals surface area contributed by atoms with Crippen molar-refractivity contribution in [2.75, 3.05) is 0 Å². The molecule has 0 fully saturated rings. The van der Waals surface area contributed by atoms with Gasteiger partial charge in [0, 0.05) is 0 Å². The van der Waals surface area contributed by atoms with E-state index in [1.165, 1.54) is 0 Å². The second-order valence-corrected chi connectivity index (χ2v) is 5.18. The fourth-order valence-electron chi connectivity index (χ4n) is 2.11. The van der Waals surface area contributed by atoms with E-state index in [0.29, 0.717) is 11.2 Å². The molecule has 0 saturated carbocycles. The Hall–Kier alpha value is -2.13. The van der Waals surface area contributed by atoms with Crippen LogP contribution in [0.1, 0.15) is 22.2 Å². The maximum atomic E-state index is 12.1. The third kappa shape index (κ3) is 2.32. The molecule has 3 nitrogen and oxygen atoms in total. The Balaban J connectivity index is 2.11. The van der Waals surface area contributed by atoms with E-state index >= 15 is 0 Å². The van der Waals surface area contributed by atoms with Gasteiger partial charge in [0.2, 0.25) is 0 Å². The number of aromatic amines is 1. The third-order valence-electron chi connectivity index (χ3n) is 3.24. The van der Waals surface area contributed by atoms with E-state index in [9.17, 15) is 4.79 Å². The summed E-state index contributed by atoms with van der Waals surface area (Å²) in [5.41, 5.74) is 3.55. The number of para-hydroxylation sites is 2. The average molecular weight is 285 g/mol. The number of aromatic nitrogens is 2. The fourth-order valence-corrected chi connectivity index (χ4v) is 2.40. The summed E-state index contributed by atoms with van der Waals surface area (Å²) in [7, 11) is 0. The molecule has 1 aromatic heterocycles. The maximum Gasteiger partial charge on any atom is 0.272 e. The summed E-state index contributed by atoms with van der Waals surface area (Å²) >= 11 is 6.41. The first-order chi connectivity index (χ1) is 9.65. The smallest absolute Gasteiger partial charge is 0.272 e. The van der Waals surface area contributed by atoms with Gasteiger partial charge in [-0.25, -0.2) is 4.98 Å². The lowest BCUT2D eigenvalue weighted by Gasteiger charge is -2.09. The van der Waals surface area contributed by atoms with Crippen LogP contribution in [-0.2, 0) is 0 Å². The molecule has 0 amide bonds. The number of rotatable bonds is 2. The molecule has 20 heavy (non-hydrogen) atoms. The van der Waals surface area contributed by atoms with E-state index in [1.54, 1.807) is 0 Å². The highest BCUT2D eigenvalue weighted by atomic mass is 35.5. The Labute approximate surface area is 121 Å². The quantitative estimate of drug-likeness (QED) is 0.731. The van der Waals surface area contributed by atoms with E-state index < -0.39 is 5.38 Å². The Morgan fingerprint density at radius 1 is 1.10 bits per heavy atom. The summed E-state index contributed by atoms with van der Waals surface area (Å²) in [5, 5.41) is -0.552. The third-order valence-corrected chi connectivity index (χ3v) is 3.69. The largest absolute Gasteiger partial charge is 0.319 e. The molecule has 0 aliphatic carbocycles. The van der Waals surface area contributed by atoms with Gasteiger partial charge in [-0.3, -0.25) is 4.79 Å². The molecule has 1 heterocycles. The van der Waals surface area contributed by atoms with Gasteiger partial charge < -0.3 is 4.98 Å². The molecular weight excluding hydrogens is 272 g/mol. The number of hydrogen-bond donors (Lipinski definition) is 1. The number of fused-ring (bicyclic) bond motifs is 1. The molecule has 0 aliphatic rings. The van der Waals surface area contributed by atoms with Crippen molar-refractivity contribution >= 4 is 22.6 Å². The Kier molecular flexibility index (Phi) is 3.28. The van der Waals surface area contributed by atoms with Crippen molar-refractivity contribution < 1.29 is 0 Å². The van der Waals surface area contributed by atoms with Crippen LogP contribution in [0.5, 0.6) is 0 Å². The lowest BCUT2D eigenvalue weighted by molar-refractivity contribution is 0.998. The number of alkyl halides is 1.